The molecular formula is C5H7N3OS. The third-order valence-electron chi connectivity index (χ3n) is 1.09. The molecule has 0 aliphatic rings. The number of rotatable bonds is 1. The lowest BCUT2D eigenvalue weighted by atomic mass is 10.4. The molecule has 54 valence electrons. The Morgan fingerprint density at radius 2 is 2.40 bits per heavy atom. The number of carbonyl (C=O) groups is 1. The smallest absolute Gasteiger partial charge is 0.272 e. The van der Waals surface area contributed by atoms with Crippen molar-refractivity contribution in [3.63, 3.8) is 0 Å². The normalized spacial score (nSPS) is 9.40. The molecule has 0 aliphatic heterocycles. The standard InChI is InChI=1S/C5H7N3OS/c1-3-4(5(9)6-2)7-8-10-3/h1-2H3,(H,6,9). The summed E-state index contributed by atoms with van der Waals surface area (Å²) < 4.78 is 3.62. The second kappa shape index (κ2) is 2.74. The Balaban J connectivity index is 2.93. The Labute approximate surface area is 62.4 Å². The van der Waals surface area contributed by atoms with Gasteiger partial charge in [-0.05, 0) is 18.5 Å². The predicted molar refractivity (Wildman–Crippen MR) is 38.0 cm³/mol. The van der Waals surface area contributed by atoms with E-state index in [0.29, 0.717) is 5.69 Å². The fourth-order valence-corrected chi connectivity index (χ4v) is 1.02. The van der Waals surface area contributed by atoms with Gasteiger partial charge in [0.1, 0.15) is 0 Å². The minimum Gasteiger partial charge on any atom is -0.354 e. The van der Waals surface area contributed by atoms with Crippen molar-refractivity contribution in [1.29, 1.82) is 0 Å². The monoisotopic (exact) mass is 157 g/mol. The van der Waals surface area contributed by atoms with Gasteiger partial charge < -0.3 is 5.32 Å². The number of carbonyl (C=O) groups excluding carboxylic acids is 1. The molecular weight excluding hydrogens is 150 g/mol. The highest BCUT2D eigenvalue weighted by atomic mass is 32.1. The van der Waals surface area contributed by atoms with Crippen LogP contribution in [0.3, 0.4) is 0 Å². The fourth-order valence-electron chi connectivity index (χ4n) is 0.560. The van der Waals surface area contributed by atoms with Crippen LogP contribution in [0.5, 0.6) is 0 Å². The lowest BCUT2D eigenvalue weighted by molar-refractivity contribution is 0.0957. The van der Waals surface area contributed by atoms with E-state index in [-0.39, 0.29) is 5.91 Å². The van der Waals surface area contributed by atoms with Gasteiger partial charge in [0.25, 0.3) is 5.91 Å². The van der Waals surface area contributed by atoms with E-state index in [9.17, 15) is 4.79 Å². The number of aromatic nitrogens is 2. The summed E-state index contributed by atoms with van der Waals surface area (Å²) in [4.78, 5) is 11.7. The number of aryl methyl sites for hydroxylation is 1. The second-order valence-electron chi connectivity index (χ2n) is 1.76. The van der Waals surface area contributed by atoms with E-state index in [4.69, 9.17) is 0 Å². The summed E-state index contributed by atoms with van der Waals surface area (Å²) in [6.45, 7) is 1.81. The molecule has 0 radical (unpaired) electrons. The number of amides is 1. The maximum absolute atomic E-state index is 10.9. The molecule has 0 saturated heterocycles. The zero-order valence-corrected chi connectivity index (χ0v) is 6.53. The highest BCUT2D eigenvalue weighted by Gasteiger charge is 2.09. The average Bonchev–Trinajstić information content (AvgIpc) is 2.34. The number of nitrogens with one attached hydrogen (secondary N) is 1. The Bertz CT molecular complexity index is 245. The van der Waals surface area contributed by atoms with E-state index >= 15 is 0 Å². The molecule has 1 N–H and O–H groups in total. The third-order valence-corrected chi connectivity index (χ3v) is 1.72. The summed E-state index contributed by atoms with van der Waals surface area (Å²) in [6, 6.07) is 0. The van der Waals surface area contributed by atoms with Crippen molar-refractivity contribution in [2.24, 2.45) is 0 Å². The first-order valence-corrected chi connectivity index (χ1v) is 3.54. The van der Waals surface area contributed by atoms with Gasteiger partial charge in [-0.15, -0.1) is 5.10 Å². The van der Waals surface area contributed by atoms with Gasteiger partial charge in [0, 0.05) is 7.05 Å². The molecule has 0 atom stereocenters. The molecule has 1 aromatic rings. The second-order valence-corrected chi connectivity index (χ2v) is 2.72. The predicted octanol–water partition coefficient (Wildman–Crippen LogP) is 0.206. The molecule has 0 spiro atoms. The summed E-state index contributed by atoms with van der Waals surface area (Å²) in [5.74, 6) is -0.175. The van der Waals surface area contributed by atoms with Gasteiger partial charge in [0.05, 0.1) is 4.88 Å². The number of hydrogen-bond donors (Lipinski definition) is 1. The molecule has 0 unspecified atom stereocenters. The molecule has 0 bridgehead atoms. The molecule has 0 fully saturated rings. The van der Waals surface area contributed by atoms with Crippen LogP contribution in [0.1, 0.15) is 15.4 Å². The number of nitrogens with zero attached hydrogens (tertiary/aromatic N) is 2. The SMILES string of the molecule is CNC(=O)c1nnsc1C. The Morgan fingerprint density at radius 1 is 1.70 bits per heavy atom. The summed E-state index contributed by atoms with van der Waals surface area (Å²) in [5.41, 5.74) is 0.424. The van der Waals surface area contributed by atoms with E-state index < -0.39 is 0 Å². The highest BCUT2D eigenvalue weighted by molar-refractivity contribution is 7.05. The Morgan fingerprint density at radius 3 is 2.80 bits per heavy atom. The van der Waals surface area contributed by atoms with Gasteiger partial charge in [0.2, 0.25) is 0 Å². The fraction of sp³-hybridized carbons (Fsp3) is 0.400. The minimum absolute atomic E-state index is 0.175. The van der Waals surface area contributed by atoms with Gasteiger partial charge in [-0.1, -0.05) is 4.49 Å². The van der Waals surface area contributed by atoms with Crippen molar-refractivity contribution in [3.05, 3.63) is 10.6 Å². The lowest BCUT2D eigenvalue weighted by Gasteiger charge is -1.91. The first kappa shape index (κ1) is 7.14. The third kappa shape index (κ3) is 1.13. The summed E-state index contributed by atoms with van der Waals surface area (Å²) in [7, 11) is 1.57. The lowest BCUT2D eigenvalue weighted by Crippen LogP contribution is -2.19. The van der Waals surface area contributed by atoms with Gasteiger partial charge >= 0.3 is 0 Å². The van der Waals surface area contributed by atoms with Crippen molar-refractivity contribution in [2.45, 2.75) is 6.92 Å². The van der Waals surface area contributed by atoms with Crippen LogP contribution < -0.4 is 5.32 Å². The highest BCUT2D eigenvalue weighted by Crippen LogP contribution is 2.06. The van der Waals surface area contributed by atoms with E-state index in [2.05, 4.69) is 14.9 Å². The van der Waals surface area contributed by atoms with Crippen LogP contribution in [0.4, 0.5) is 0 Å². The summed E-state index contributed by atoms with van der Waals surface area (Å²) in [6.07, 6.45) is 0. The van der Waals surface area contributed by atoms with E-state index in [1.165, 1.54) is 11.5 Å². The minimum atomic E-state index is -0.175. The first-order chi connectivity index (χ1) is 4.75. The van der Waals surface area contributed by atoms with Gasteiger partial charge in [0.15, 0.2) is 5.69 Å². The van der Waals surface area contributed by atoms with Crippen molar-refractivity contribution in [2.75, 3.05) is 7.05 Å². The van der Waals surface area contributed by atoms with E-state index in [0.717, 1.165) is 4.88 Å². The first-order valence-electron chi connectivity index (χ1n) is 2.76. The molecule has 5 heteroatoms. The van der Waals surface area contributed by atoms with E-state index in [1.54, 1.807) is 7.05 Å². The molecule has 4 nitrogen and oxygen atoms in total. The quantitative estimate of drug-likeness (QED) is 0.633. The molecule has 0 aromatic carbocycles. The molecule has 1 rings (SSSR count). The zero-order chi connectivity index (χ0) is 7.56. The summed E-state index contributed by atoms with van der Waals surface area (Å²) in [5, 5.41) is 6.12. The Kier molecular flexibility index (Phi) is 1.96. The van der Waals surface area contributed by atoms with Crippen LogP contribution in [-0.2, 0) is 0 Å². The van der Waals surface area contributed by atoms with Crippen molar-refractivity contribution in [1.82, 2.24) is 14.9 Å². The molecule has 1 heterocycles. The van der Waals surface area contributed by atoms with Crippen LogP contribution in [0.15, 0.2) is 0 Å². The molecule has 1 amide bonds. The van der Waals surface area contributed by atoms with Gasteiger partial charge in [-0.2, -0.15) is 0 Å². The van der Waals surface area contributed by atoms with E-state index in [1.807, 2.05) is 6.92 Å². The van der Waals surface area contributed by atoms with Crippen LogP contribution >= 0.6 is 11.5 Å². The van der Waals surface area contributed by atoms with Crippen molar-refractivity contribution < 1.29 is 4.79 Å². The molecule has 0 saturated carbocycles. The van der Waals surface area contributed by atoms with Gasteiger partial charge in [-0.3, -0.25) is 4.79 Å². The maximum Gasteiger partial charge on any atom is 0.272 e. The van der Waals surface area contributed by atoms with Crippen LogP contribution in [0.2, 0.25) is 0 Å². The largest absolute Gasteiger partial charge is 0.354 e. The van der Waals surface area contributed by atoms with Crippen LogP contribution in [-0.4, -0.2) is 22.5 Å². The van der Waals surface area contributed by atoms with Crippen molar-refractivity contribution in [3.8, 4) is 0 Å². The maximum atomic E-state index is 10.9. The number of hydrogen-bond acceptors (Lipinski definition) is 4. The Hall–Kier alpha value is -0.970. The van der Waals surface area contributed by atoms with Crippen molar-refractivity contribution >= 4 is 17.4 Å². The molecule has 0 aliphatic carbocycles. The summed E-state index contributed by atoms with van der Waals surface area (Å²) >= 11 is 1.23. The van der Waals surface area contributed by atoms with Crippen LogP contribution in [0.25, 0.3) is 0 Å². The average molecular weight is 157 g/mol. The van der Waals surface area contributed by atoms with Gasteiger partial charge in [-0.25, -0.2) is 0 Å². The molecule has 1 aromatic heterocycles. The zero-order valence-electron chi connectivity index (χ0n) is 5.71. The molecule has 10 heavy (non-hydrogen) atoms. The topological polar surface area (TPSA) is 54.9 Å². The van der Waals surface area contributed by atoms with Crippen LogP contribution in [0, 0.1) is 6.92 Å².